The Kier molecular flexibility index (Phi) is 1.32. The Morgan fingerprint density at radius 1 is 1.75 bits per heavy atom. The number of hydrogen-bond acceptors (Lipinski definition) is 3. The second-order valence-electron chi connectivity index (χ2n) is 1.26. The third-order valence-corrected chi connectivity index (χ3v) is 0.728. The van der Waals surface area contributed by atoms with Gasteiger partial charge in [0.25, 0.3) is 0 Å². The summed E-state index contributed by atoms with van der Waals surface area (Å²) in [5.74, 6) is 0.549. The van der Waals surface area contributed by atoms with Crippen molar-refractivity contribution in [3.8, 4) is 0 Å². The van der Waals surface area contributed by atoms with Crippen LogP contribution in [0.4, 0.5) is 0 Å². The van der Waals surface area contributed by atoms with Crippen LogP contribution in [0.3, 0.4) is 0 Å². The summed E-state index contributed by atoms with van der Waals surface area (Å²) in [6.07, 6.45) is 2.73. The van der Waals surface area contributed by atoms with E-state index in [4.69, 9.17) is 9.62 Å². The normalized spacial score (nSPS) is 10.5. The van der Waals surface area contributed by atoms with Crippen molar-refractivity contribution in [2.24, 2.45) is 5.16 Å². The van der Waals surface area contributed by atoms with Gasteiger partial charge in [0.1, 0.15) is 12.0 Å². The van der Waals surface area contributed by atoms with Gasteiger partial charge in [-0.05, 0) is 12.1 Å². The van der Waals surface area contributed by atoms with Crippen molar-refractivity contribution < 1.29 is 9.62 Å². The molecule has 0 aliphatic carbocycles. The van der Waals surface area contributed by atoms with Crippen molar-refractivity contribution in [2.45, 2.75) is 0 Å². The molecule has 0 unspecified atom stereocenters. The molecule has 1 heterocycles. The zero-order valence-corrected chi connectivity index (χ0v) is 4.11. The molecule has 3 heteroatoms. The number of oxime groups is 1. The van der Waals surface area contributed by atoms with E-state index in [9.17, 15) is 0 Å². The molecule has 0 saturated carbocycles. The third kappa shape index (κ3) is 0.872. The van der Waals surface area contributed by atoms with Crippen LogP contribution in [-0.4, -0.2) is 11.4 Å². The summed E-state index contributed by atoms with van der Waals surface area (Å²) in [7, 11) is 0. The van der Waals surface area contributed by atoms with Crippen molar-refractivity contribution >= 4 is 6.21 Å². The second-order valence-corrected chi connectivity index (χ2v) is 1.26. The smallest absolute Gasteiger partial charge is 0.148 e. The molecule has 1 aromatic rings. The molecule has 42 valence electrons. The summed E-state index contributed by atoms with van der Waals surface area (Å²) in [4.78, 5) is 0. The molecule has 0 bridgehead atoms. The monoisotopic (exact) mass is 111 g/mol. The highest BCUT2D eigenvalue weighted by Gasteiger charge is 1.84. The predicted molar refractivity (Wildman–Crippen MR) is 28.1 cm³/mol. The van der Waals surface area contributed by atoms with E-state index in [-0.39, 0.29) is 0 Å². The maximum Gasteiger partial charge on any atom is 0.148 e. The van der Waals surface area contributed by atoms with Gasteiger partial charge in [-0.25, -0.2) is 0 Å². The fourth-order valence-corrected chi connectivity index (χ4v) is 0.422. The lowest BCUT2D eigenvalue weighted by Gasteiger charge is -1.74. The van der Waals surface area contributed by atoms with E-state index in [1.165, 1.54) is 12.5 Å². The topological polar surface area (TPSA) is 45.7 Å². The van der Waals surface area contributed by atoms with Crippen LogP contribution in [0.2, 0.25) is 0 Å². The van der Waals surface area contributed by atoms with E-state index in [0.29, 0.717) is 5.76 Å². The maximum absolute atomic E-state index is 7.95. The number of rotatable bonds is 1. The molecule has 0 aliphatic rings. The Morgan fingerprint density at radius 2 is 2.62 bits per heavy atom. The Bertz CT molecular complexity index is 167. The molecular formula is C5H5NO2. The van der Waals surface area contributed by atoms with Gasteiger partial charge in [-0.1, -0.05) is 5.16 Å². The molecule has 1 N–H and O–H groups in total. The molecule has 0 fully saturated rings. The summed E-state index contributed by atoms with van der Waals surface area (Å²) in [6, 6.07) is 3.41. The molecule has 0 spiro atoms. The van der Waals surface area contributed by atoms with Gasteiger partial charge in [-0.3, -0.25) is 0 Å². The van der Waals surface area contributed by atoms with Crippen LogP contribution in [0.25, 0.3) is 0 Å². The second kappa shape index (κ2) is 2.16. The van der Waals surface area contributed by atoms with Crippen LogP contribution in [0, 0.1) is 0 Å². The number of furan rings is 1. The average Bonchev–Trinajstić information content (AvgIpc) is 2.19. The van der Waals surface area contributed by atoms with E-state index in [0.717, 1.165) is 0 Å². The molecule has 0 aromatic carbocycles. The van der Waals surface area contributed by atoms with Crippen molar-refractivity contribution in [3.63, 3.8) is 0 Å². The molecule has 0 saturated heterocycles. The first kappa shape index (κ1) is 4.90. The lowest BCUT2D eigenvalue weighted by molar-refractivity contribution is 0.320. The highest BCUT2D eigenvalue weighted by Crippen LogP contribution is 1.93. The predicted octanol–water partition coefficient (Wildman–Crippen LogP) is 1.09. The first-order chi connectivity index (χ1) is 3.93. The van der Waals surface area contributed by atoms with E-state index in [1.807, 2.05) is 0 Å². The van der Waals surface area contributed by atoms with Gasteiger partial charge in [0.2, 0.25) is 0 Å². The van der Waals surface area contributed by atoms with Crippen molar-refractivity contribution in [1.29, 1.82) is 0 Å². The minimum Gasteiger partial charge on any atom is -0.463 e. The molecule has 8 heavy (non-hydrogen) atoms. The number of nitrogens with zero attached hydrogens (tertiary/aromatic N) is 1. The quantitative estimate of drug-likeness (QED) is 0.335. The van der Waals surface area contributed by atoms with Crippen molar-refractivity contribution in [2.75, 3.05) is 0 Å². The average molecular weight is 111 g/mol. The van der Waals surface area contributed by atoms with E-state index < -0.39 is 0 Å². The molecular weight excluding hydrogens is 106 g/mol. The molecule has 1 rings (SSSR count). The maximum atomic E-state index is 7.95. The van der Waals surface area contributed by atoms with Crippen LogP contribution in [0.1, 0.15) is 5.76 Å². The molecule has 0 atom stereocenters. The Hall–Kier alpha value is -1.25. The molecule has 3 nitrogen and oxygen atoms in total. The van der Waals surface area contributed by atoms with Gasteiger partial charge in [-0.2, -0.15) is 0 Å². The lowest BCUT2D eigenvalue weighted by Crippen LogP contribution is -1.70. The van der Waals surface area contributed by atoms with E-state index in [1.54, 1.807) is 12.1 Å². The lowest BCUT2D eigenvalue weighted by atomic mass is 10.5. The zero-order valence-electron chi connectivity index (χ0n) is 4.11. The van der Waals surface area contributed by atoms with Crippen molar-refractivity contribution in [3.05, 3.63) is 24.2 Å². The Labute approximate surface area is 46.2 Å². The zero-order chi connectivity index (χ0) is 5.82. The molecule has 0 radical (unpaired) electrons. The Morgan fingerprint density at radius 3 is 3.12 bits per heavy atom. The Balaban J connectivity index is 2.77. The van der Waals surface area contributed by atoms with Crippen LogP contribution < -0.4 is 0 Å². The van der Waals surface area contributed by atoms with Gasteiger partial charge in [0, 0.05) is 0 Å². The molecule has 0 amide bonds. The summed E-state index contributed by atoms with van der Waals surface area (Å²) >= 11 is 0. The van der Waals surface area contributed by atoms with E-state index >= 15 is 0 Å². The SMILES string of the molecule is O/N=C/c1ccco1. The minimum absolute atomic E-state index is 0.549. The van der Waals surface area contributed by atoms with Crippen LogP contribution >= 0.6 is 0 Å². The van der Waals surface area contributed by atoms with Gasteiger partial charge in [-0.15, -0.1) is 0 Å². The summed E-state index contributed by atoms with van der Waals surface area (Å²) in [5, 5.41) is 10.7. The molecule has 0 aliphatic heterocycles. The van der Waals surface area contributed by atoms with Gasteiger partial charge < -0.3 is 9.62 Å². The first-order valence-electron chi connectivity index (χ1n) is 2.14. The standard InChI is InChI=1S/C5H5NO2/c7-6-4-5-2-1-3-8-5/h1-4,7H/b6-4+. The van der Waals surface area contributed by atoms with Crippen molar-refractivity contribution in [1.82, 2.24) is 0 Å². The highest BCUT2D eigenvalue weighted by molar-refractivity contribution is 5.74. The van der Waals surface area contributed by atoms with Gasteiger partial charge >= 0.3 is 0 Å². The van der Waals surface area contributed by atoms with Gasteiger partial charge in [0.15, 0.2) is 0 Å². The summed E-state index contributed by atoms with van der Waals surface area (Å²) in [5.41, 5.74) is 0. The molecule has 1 aromatic heterocycles. The summed E-state index contributed by atoms with van der Waals surface area (Å²) in [6.45, 7) is 0. The first-order valence-corrected chi connectivity index (χ1v) is 2.14. The van der Waals surface area contributed by atoms with Gasteiger partial charge in [0.05, 0.1) is 6.26 Å². The largest absolute Gasteiger partial charge is 0.463 e. The fraction of sp³-hybridized carbons (Fsp3) is 0. The van der Waals surface area contributed by atoms with Crippen LogP contribution in [-0.2, 0) is 0 Å². The summed E-state index contributed by atoms with van der Waals surface area (Å²) < 4.78 is 4.76. The third-order valence-electron chi connectivity index (χ3n) is 0.728. The number of hydrogen-bond donors (Lipinski definition) is 1. The minimum atomic E-state index is 0.549. The van der Waals surface area contributed by atoms with E-state index in [2.05, 4.69) is 5.16 Å². The van der Waals surface area contributed by atoms with Crippen LogP contribution in [0.5, 0.6) is 0 Å². The van der Waals surface area contributed by atoms with Crippen LogP contribution in [0.15, 0.2) is 28.0 Å². The fourth-order valence-electron chi connectivity index (χ4n) is 0.422. The highest BCUT2D eigenvalue weighted by atomic mass is 16.4.